The topological polar surface area (TPSA) is 46.5 Å². The van der Waals surface area contributed by atoms with E-state index in [1.54, 1.807) is 12.1 Å². The van der Waals surface area contributed by atoms with Crippen molar-refractivity contribution in [3.63, 3.8) is 0 Å². The molecule has 0 saturated heterocycles. The minimum Gasteiger partial charge on any atom is -0.487 e. The summed E-state index contributed by atoms with van der Waals surface area (Å²) in [6, 6.07) is 21.9. The molecule has 0 aromatic heterocycles. The van der Waals surface area contributed by atoms with Gasteiger partial charge in [0.15, 0.2) is 0 Å². The first-order valence-corrected chi connectivity index (χ1v) is 9.63. The Morgan fingerprint density at radius 3 is 2.50 bits per heavy atom. The van der Waals surface area contributed by atoms with E-state index in [2.05, 4.69) is 44.2 Å². The Kier molecular flexibility index (Phi) is 4.68. The molecule has 1 unspecified atom stereocenters. The summed E-state index contributed by atoms with van der Waals surface area (Å²) in [6.45, 7) is 4.31. The number of hydrogen-bond donors (Lipinski definition) is 1. The van der Waals surface area contributed by atoms with Gasteiger partial charge < -0.3 is 9.84 Å². The second-order valence-electron chi connectivity index (χ2n) is 7.92. The van der Waals surface area contributed by atoms with Crippen LogP contribution in [0.4, 0.5) is 0 Å². The second-order valence-corrected chi connectivity index (χ2v) is 7.92. The van der Waals surface area contributed by atoms with Gasteiger partial charge in [-0.3, -0.25) is 0 Å². The average molecular weight is 372 g/mol. The minimum atomic E-state index is -0.904. The van der Waals surface area contributed by atoms with Crippen molar-refractivity contribution >= 4 is 5.97 Å². The van der Waals surface area contributed by atoms with Crippen LogP contribution in [0.3, 0.4) is 0 Å². The Bertz CT molecular complexity index is 1020. The number of aryl methyl sites for hydroxylation is 2. The Labute approximate surface area is 165 Å². The third-order valence-corrected chi connectivity index (χ3v) is 5.47. The number of carbonyl (C=O) groups is 1. The van der Waals surface area contributed by atoms with Crippen molar-refractivity contribution in [1.82, 2.24) is 0 Å². The van der Waals surface area contributed by atoms with Gasteiger partial charge in [0.2, 0.25) is 0 Å². The van der Waals surface area contributed by atoms with Gasteiger partial charge in [-0.15, -0.1) is 0 Å². The Balaban J connectivity index is 1.55. The number of fused-ring (bicyclic) bond motifs is 1. The molecule has 28 heavy (non-hydrogen) atoms. The smallest absolute Gasteiger partial charge is 0.335 e. The quantitative estimate of drug-likeness (QED) is 0.640. The van der Waals surface area contributed by atoms with Gasteiger partial charge in [0.05, 0.1) is 5.56 Å². The molecule has 3 aromatic rings. The molecule has 0 aliphatic carbocycles. The zero-order valence-corrected chi connectivity index (χ0v) is 16.2. The molecule has 4 rings (SSSR count). The van der Waals surface area contributed by atoms with Gasteiger partial charge in [-0.05, 0) is 73.2 Å². The number of rotatable bonds is 4. The van der Waals surface area contributed by atoms with Crippen molar-refractivity contribution in [3.8, 4) is 16.9 Å². The first-order valence-electron chi connectivity index (χ1n) is 9.63. The van der Waals surface area contributed by atoms with E-state index in [-0.39, 0.29) is 5.60 Å². The molecule has 0 fully saturated rings. The summed E-state index contributed by atoms with van der Waals surface area (Å²) in [4.78, 5) is 11.0. The standard InChI is InChI=1S/C25H24O3/c1-17-4-3-5-18(14-17)16-25(2)13-12-22-15-21(10-11-23(22)28-25)19-6-8-20(9-7-19)24(26)27/h3-11,14-15H,12-13,16H2,1-2H3,(H,26,27). The lowest BCUT2D eigenvalue weighted by molar-refractivity contribution is 0.0653. The molecule has 1 heterocycles. The molecular weight excluding hydrogens is 348 g/mol. The Hall–Kier alpha value is -3.07. The monoisotopic (exact) mass is 372 g/mol. The number of aromatic carboxylic acids is 1. The maximum absolute atomic E-state index is 11.0. The van der Waals surface area contributed by atoms with Gasteiger partial charge in [0.25, 0.3) is 0 Å². The van der Waals surface area contributed by atoms with Crippen LogP contribution >= 0.6 is 0 Å². The van der Waals surface area contributed by atoms with E-state index < -0.39 is 5.97 Å². The van der Waals surface area contributed by atoms with Crippen molar-refractivity contribution in [2.75, 3.05) is 0 Å². The Morgan fingerprint density at radius 2 is 1.79 bits per heavy atom. The highest BCUT2D eigenvalue weighted by Gasteiger charge is 2.32. The zero-order chi connectivity index (χ0) is 19.7. The number of hydrogen-bond acceptors (Lipinski definition) is 2. The summed E-state index contributed by atoms with van der Waals surface area (Å²) in [5, 5.41) is 9.06. The number of carboxylic acid groups (broad SMARTS) is 1. The largest absolute Gasteiger partial charge is 0.487 e. The molecule has 1 aliphatic rings. The van der Waals surface area contributed by atoms with Crippen LogP contribution in [0.15, 0.2) is 66.7 Å². The van der Waals surface area contributed by atoms with Gasteiger partial charge in [-0.2, -0.15) is 0 Å². The molecule has 3 nitrogen and oxygen atoms in total. The maximum atomic E-state index is 11.0. The van der Waals surface area contributed by atoms with Crippen molar-refractivity contribution in [3.05, 3.63) is 89.0 Å². The molecule has 1 aliphatic heterocycles. The first-order chi connectivity index (χ1) is 13.4. The van der Waals surface area contributed by atoms with Crippen LogP contribution in [0, 0.1) is 6.92 Å². The zero-order valence-electron chi connectivity index (χ0n) is 16.2. The average Bonchev–Trinajstić information content (AvgIpc) is 2.67. The summed E-state index contributed by atoms with van der Waals surface area (Å²) < 4.78 is 6.43. The van der Waals surface area contributed by atoms with Gasteiger partial charge in [-0.25, -0.2) is 4.79 Å². The molecule has 0 saturated carbocycles. The minimum absolute atomic E-state index is 0.203. The molecule has 3 heteroatoms. The van der Waals surface area contributed by atoms with Crippen molar-refractivity contribution < 1.29 is 14.6 Å². The normalized spacial score (nSPS) is 18.2. The first kappa shape index (κ1) is 18.3. The van der Waals surface area contributed by atoms with Crippen molar-refractivity contribution in [2.24, 2.45) is 0 Å². The summed E-state index contributed by atoms with van der Waals surface area (Å²) >= 11 is 0. The summed E-state index contributed by atoms with van der Waals surface area (Å²) in [7, 11) is 0. The molecule has 1 atom stereocenters. The third-order valence-electron chi connectivity index (χ3n) is 5.47. The van der Waals surface area contributed by atoms with Crippen LogP contribution in [-0.4, -0.2) is 16.7 Å². The molecule has 142 valence electrons. The van der Waals surface area contributed by atoms with E-state index in [9.17, 15) is 4.79 Å². The lowest BCUT2D eigenvalue weighted by atomic mass is 9.86. The van der Waals surface area contributed by atoms with Crippen LogP contribution in [0.25, 0.3) is 11.1 Å². The number of benzene rings is 3. The van der Waals surface area contributed by atoms with E-state index >= 15 is 0 Å². The predicted molar refractivity (Wildman–Crippen MR) is 111 cm³/mol. The van der Waals surface area contributed by atoms with Crippen molar-refractivity contribution in [2.45, 2.75) is 38.7 Å². The van der Waals surface area contributed by atoms with Crippen LogP contribution < -0.4 is 4.74 Å². The molecule has 0 amide bonds. The van der Waals surface area contributed by atoms with Gasteiger partial charge in [-0.1, -0.05) is 48.0 Å². The lowest BCUT2D eigenvalue weighted by Gasteiger charge is -2.36. The third kappa shape index (κ3) is 3.79. The Morgan fingerprint density at radius 1 is 1.04 bits per heavy atom. The molecule has 3 aromatic carbocycles. The molecular formula is C25H24O3. The highest BCUT2D eigenvalue weighted by atomic mass is 16.5. The van der Waals surface area contributed by atoms with Gasteiger partial charge >= 0.3 is 5.97 Å². The van der Waals surface area contributed by atoms with Crippen molar-refractivity contribution in [1.29, 1.82) is 0 Å². The summed E-state index contributed by atoms with van der Waals surface area (Å²) in [6.07, 6.45) is 2.83. The SMILES string of the molecule is Cc1cccc(CC2(C)CCc3cc(-c4ccc(C(=O)O)cc4)ccc3O2)c1. The maximum Gasteiger partial charge on any atom is 0.335 e. The predicted octanol–water partition coefficient (Wildman–Crippen LogP) is 5.69. The molecule has 0 bridgehead atoms. The van der Waals surface area contributed by atoms with Crippen LogP contribution in [0.2, 0.25) is 0 Å². The van der Waals surface area contributed by atoms with Gasteiger partial charge in [0, 0.05) is 6.42 Å². The van der Waals surface area contributed by atoms with E-state index in [1.165, 1.54) is 16.7 Å². The highest BCUT2D eigenvalue weighted by Crippen LogP contribution is 2.37. The van der Waals surface area contributed by atoms with E-state index in [1.807, 2.05) is 24.3 Å². The summed E-state index contributed by atoms with van der Waals surface area (Å²) in [5.74, 6) is 0.0468. The number of carboxylic acids is 1. The van der Waals surface area contributed by atoms with Crippen LogP contribution in [0.5, 0.6) is 5.75 Å². The second kappa shape index (κ2) is 7.16. The van der Waals surface area contributed by atoms with Gasteiger partial charge in [0.1, 0.15) is 11.4 Å². The van der Waals surface area contributed by atoms with E-state index in [0.29, 0.717) is 5.56 Å². The van der Waals surface area contributed by atoms with E-state index in [4.69, 9.17) is 9.84 Å². The van der Waals surface area contributed by atoms with E-state index in [0.717, 1.165) is 36.1 Å². The molecule has 0 spiro atoms. The number of ether oxygens (including phenoxy) is 1. The highest BCUT2D eigenvalue weighted by molar-refractivity contribution is 5.88. The van der Waals surface area contributed by atoms with Crippen LogP contribution in [-0.2, 0) is 12.8 Å². The summed E-state index contributed by atoms with van der Waals surface area (Å²) in [5.41, 5.74) is 5.99. The molecule has 1 N–H and O–H groups in total. The molecule has 0 radical (unpaired) electrons. The fraction of sp³-hybridized carbons (Fsp3) is 0.240. The fourth-order valence-electron chi connectivity index (χ4n) is 3.95. The lowest BCUT2D eigenvalue weighted by Crippen LogP contribution is -2.38. The van der Waals surface area contributed by atoms with Crippen LogP contribution in [0.1, 0.15) is 40.4 Å². The fourth-order valence-corrected chi connectivity index (χ4v) is 3.95.